The van der Waals surface area contributed by atoms with Gasteiger partial charge in [0.2, 0.25) is 0 Å². The van der Waals surface area contributed by atoms with Crippen LogP contribution in [0.15, 0.2) is 33.8 Å². The number of halogens is 1. The van der Waals surface area contributed by atoms with E-state index < -0.39 is 0 Å². The van der Waals surface area contributed by atoms with E-state index in [4.69, 9.17) is 4.74 Å². The summed E-state index contributed by atoms with van der Waals surface area (Å²) in [5.74, 6) is 0.438. The minimum absolute atomic E-state index is 0.0206. The standard InChI is InChI=1S/C14H17BrN2O2/c15-11-5-4-8-13(9-11)19-10-14(18)17-16-12-6-2-1-3-7-12/h4-5,8-9H,1-3,6-7,10H2,(H,17,18). The molecule has 1 amide bonds. The third-order valence-corrected chi connectivity index (χ3v) is 3.43. The molecule has 1 saturated carbocycles. The van der Waals surface area contributed by atoms with Crippen molar-refractivity contribution < 1.29 is 9.53 Å². The molecule has 0 aromatic heterocycles. The molecule has 1 aromatic carbocycles. The molecule has 4 nitrogen and oxygen atoms in total. The zero-order valence-electron chi connectivity index (χ0n) is 10.7. The summed E-state index contributed by atoms with van der Waals surface area (Å²) in [4.78, 5) is 11.6. The summed E-state index contributed by atoms with van der Waals surface area (Å²) in [6.07, 6.45) is 5.59. The van der Waals surface area contributed by atoms with E-state index in [0.29, 0.717) is 5.75 Å². The minimum atomic E-state index is -0.224. The van der Waals surface area contributed by atoms with Crippen molar-refractivity contribution in [3.8, 4) is 5.75 Å². The van der Waals surface area contributed by atoms with Crippen molar-refractivity contribution in [1.29, 1.82) is 0 Å². The number of hydrogen-bond acceptors (Lipinski definition) is 3. The van der Waals surface area contributed by atoms with Crippen LogP contribution in [0.3, 0.4) is 0 Å². The van der Waals surface area contributed by atoms with E-state index in [1.807, 2.05) is 24.3 Å². The Balaban J connectivity index is 1.75. The highest BCUT2D eigenvalue weighted by Crippen LogP contribution is 2.17. The van der Waals surface area contributed by atoms with Crippen LogP contribution in [0.2, 0.25) is 0 Å². The molecule has 0 aliphatic heterocycles. The van der Waals surface area contributed by atoms with E-state index in [1.165, 1.54) is 19.3 Å². The second-order valence-electron chi connectivity index (χ2n) is 4.52. The smallest absolute Gasteiger partial charge is 0.277 e. The minimum Gasteiger partial charge on any atom is -0.484 e. The first-order valence-electron chi connectivity index (χ1n) is 6.47. The fourth-order valence-corrected chi connectivity index (χ4v) is 2.33. The lowest BCUT2D eigenvalue weighted by molar-refractivity contribution is -0.123. The molecule has 102 valence electrons. The van der Waals surface area contributed by atoms with Crippen LogP contribution < -0.4 is 10.2 Å². The molecule has 1 aliphatic rings. The van der Waals surface area contributed by atoms with Gasteiger partial charge in [-0.3, -0.25) is 4.79 Å². The van der Waals surface area contributed by atoms with Crippen LogP contribution in [-0.2, 0) is 4.79 Å². The lowest BCUT2D eigenvalue weighted by Crippen LogP contribution is -2.26. The molecule has 1 N–H and O–H groups in total. The highest BCUT2D eigenvalue weighted by Gasteiger charge is 2.08. The molecule has 0 heterocycles. The van der Waals surface area contributed by atoms with Crippen LogP contribution in [0.1, 0.15) is 32.1 Å². The molecule has 0 unspecified atom stereocenters. The molecule has 1 fully saturated rings. The first kappa shape index (κ1) is 14.1. The SMILES string of the molecule is O=C(COc1cccc(Br)c1)NN=C1CCCCC1. The van der Waals surface area contributed by atoms with Crippen LogP contribution in [0.4, 0.5) is 0 Å². The number of rotatable bonds is 4. The molecule has 2 rings (SSSR count). The largest absolute Gasteiger partial charge is 0.484 e. The predicted octanol–water partition coefficient (Wildman–Crippen LogP) is 3.26. The van der Waals surface area contributed by atoms with E-state index in [9.17, 15) is 4.79 Å². The number of benzene rings is 1. The maximum Gasteiger partial charge on any atom is 0.277 e. The molecule has 1 aliphatic carbocycles. The summed E-state index contributed by atoms with van der Waals surface area (Å²) in [7, 11) is 0. The monoisotopic (exact) mass is 324 g/mol. The van der Waals surface area contributed by atoms with Crippen LogP contribution in [0.5, 0.6) is 5.75 Å². The van der Waals surface area contributed by atoms with Crippen LogP contribution in [0, 0.1) is 0 Å². The summed E-state index contributed by atoms with van der Waals surface area (Å²) in [5.41, 5.74) is 3.63. The van der Waals surface area contributed by atoms with Gasteiger partial charge in [-0.1, -0.05) is 28.4 Å². The van der Waals surface area contributed by atoms with Crippen molar-refractivity contribution >= 4 is 27.5 Å². The Morgan fingerprint density at radius 2 is 2.11 bits per heavy atom. The predicted molar refractivity (Wildman–Crippen MR) is 78.3 cm³/mol. The summed E-state index contributed by atoms with van der Waals surface area (Å²) in [6.45, 7) is -0.0206. The average molecular weight is 325 g/mol. The van der Waals surface area contributed by atoms with Crippen molar-refractivity contribution in [2.75, 3.05) is 6.61 Å². The molecule has 19 heavy (non-hydrogen) atoms. The Labute approximate surface area is 121 Å². The van der Waals surface area contributed by atoms with Gasteiger partial charge in [-0.25, -0.2) is 5.43 Å². The number of nitrogens with one attached hydrogen (secondary N) is 1. The van der Waals surface area contributed by atoms with E-state index >= 15 is 0 Å². The van der Waals surface area contributed by atoms with Crippen LogP contribution in [0.25, 0.3) is 0 Å². The lowest BCUT2D eigenvalue weighted by Gasteiger charge is -2.12. The lowest BCUT2D eigenvalue weighted by atomic mass is 9.99. The Bertz CT molecular complexity index is 466. The van der Waals surface area contributed by atoms with Gasteiger partial charge in [-0.2, -0.15) is 5.10 Å². The molecule has 0 saturated heterocycles. The number of carbonyl (C=O) groups is 1. The molecule has 5 heteroatoms. The van der Waals surface area contributed by atoms with Gasteiger partial charge in [0.15, 0.2) is 6.61 Å². The number of ether oxygens (including phenoxy) is 1. The summed E-state index contributed by atoms with van der Waals surface area (Å²) in [5, 5.41) is 4.14. The normalized spacial score (nSPS) is 14.9. The number of nitrogens with zero attached hydrogens (tertiary/aromatic N) is 1. The van der Waals surface area contributed by atoms with Crippen molar-refractivity contribution in [2.45, 2.75) is 32.1 Å². The number of amides is 1. The van der Waals surface area contributed by atoms with Crippen molar-refractivity contribution in [2.24, 2.45) is 5.10 Å². The zero-order valence-corrected chi connectivity index (χ0v) is 12.3. The van der Waals surface area contributed by atoms with E-state index in [0.717, 1.165) is 23.0 Å². The van der Waals surface area contributed by atoms with E-state index in [-0.39, 0.29) is 12.5 Å². The quantitative estimate of drug-likeness (QED) is 0.864. The molecule has 1 aromatic rings. The van der Waals surface area contributed by atoms with Gasteiger partial charge in [0, 0.05) is 10.2 Å². The van der Waals surface area contributed by atoms with Gasteiger partial charge in [-0.05, 0) is 43.9 Å². The van der Waals surface area contributed by atoms with Crippen molar-refractivity contribution in [1.82, 2.24) is 5.43 Å². The first-order valence-corrected chi connectivity index (χ1v) is 7.26. The van der Waals surface area contributed by atoms with Gasteiger partial charge in [-0.15, -0.1) is 0 Å². The Morgan fingerprint density at radius 3 is 2.84 bits per heavy atom. The van der Waals surface area contributed by atoms with Gasteiger partial charge in [0.1, 0.15) is 5.75 Å². The fourth-order valence-electron chi connectivity index (χ4n) is 1.95. The summed E-state index contributed by atoms with van der Waals surface area (Å²) < 4.78 is 6.30. The highest BCUT2D eigenvalue weighted by molar-refractivity contribution is 9.10. The third kappa shape index (κ3) is 5.03. The second kappa shape index (κ2) is 7.28. The highest BCUT2D eigenvalue weighted by atomic mass is 79.9. The van der Waals surface area contributed by atoms with E-state index in [1.54, 1.807) is 0 Å². The van der Waals surface area contributed by atoms with Gasteiger partial charge in [0.05, 0.1) is 0 Å². The topological polar surface area (TPSA) is 50.7 Å². The van der Waals surface area contributed by atoms with Crippen LogP contribution >= 0.6 is 15.9 Å². The third-order valence-electron chi connectivity index (χ3n) is 2.94. The number of carbonyl (C=O) groups excluding carboxylic acids is 1. The molecular weight excluding hydrogens is 308 g/mol. The fraction of sp³-hybridized carbons (Fsp3) is 0.429. The molecule has 0 spiro atoms. The molecular formula is C14H17BrN2O2. The van der Waals surface area contributed by atoms with E-state index in [2.05, 4.69) is 26.5 Å². The van der Waals surface area contributed by atoms with Gasteiger partial charge < -0.3 is 4.74 Å². The van der Waals surface area contributed by atoms with Crippen LogP contribution in [-0.4, -0.2) is 18.2 Å². The number of hydrazone groups is 1. The summed E-state index contributed by atoms with van der Waals surface area (Å²) in [6, 6.07) is 7.40. The maximum atomic E-state index is 11.6. The average Bonchev–Trinajstić information content (AvgIpc) is 2.44. The zero-order chi connectivity index (χ0) is 13.5. The Hall–Kier alpha value is -1.36. The van der Waals surface area contributed by atoms with Gasteiger partial charge in [0.25, 0.3) is 5.91 Å². The first-order chi connectivity index (χ1) is 9.24. The molecule has 0 bridgehead atoms. The molecule has 0 atom stereocenters. The summed E-state index contributed by atoms with van der Waals surface area (Å²) >= 11 is 3.35. The molecule has 0 radical (unpaired) electrons. The van der Waals surface area contributed by atoms with Gasteiger partial charge >= 0.3 is 0 Å². The second-order valence-corrected chi connectivity index (χ2v) is 5.44. The Morgan fingerprint density at radius 1 is 1.32 bits per heavy atom. The van der Waals surface area contributed by atoms with Crippen molar-refractivity contribution in [3.05, 3.63) is 28.7 Å². The van der Waals surface area contributed by atoms with Crippen molar-refractivity contribution in [3.63, 3.8) is 0 Å². The maximum absolute atomic E-state index is 11.6. The Kier molecular flexibility index (Phi) is 5.39. The number of hydrogen-bond donors (Lipinski definition) is 1.